The molecule has 2 aromatic carbocycles. The first-order chi connectivity index (χ1) is 13.7. The van der Waals surface area contributed by atoms with Crippen molar-refractivity contribution in [3.63, 3.8) is 0 Å². The van der Waals surface area contributed by atoms with Crippen LogP contribution in [0, 0.1) is 5.82 Å². The highest BCUT2D eigenvalue weighted by Crippen LogP contribution is 2.30. The molecule has 0 atom stereocenters. The molecule has 0 unspecified atom stereocenters. The lowest BCUT2D eigenvalue weighted by Gasteiger charge is -2.12. The van der Waals surface area contributed by atoms with Gasteiger partial charge in [0, 0.05) is 29.4 Å². The Balaban J connectivity index is 1.86. The molecule has 5 nitrogen and oxygen atoms in total. The highest BCUT2D eigenvalue weighted by Gasteiger charge is 2.15. The van der Waals surface area contributed by atoms with Gasteiger partial charge in [-0.3, -0.25) is 4.98 Å². The van der Waals surface area contributed by atoms with Gasteiger partial charge in [-0.15, -0.1) is 0 Å². The maximum Gasteiger partial charge on any atom is 0.165 e. The number of aromatic nitrogens is 4. The van der Waals surface area contributed by atoms with Crippen molar-refractivity contribution in [2.45, 2.75) is 0 Å². The fourth-order valence-corrected chi connectivity index (χ4v) is 3.33. The topological polar surface area (TPSA) is 52.8 Å². The summed E-state index contributed by atoms with van der Waals surface area (Å²) in [6.07, 6.45) is 5.47. The van der Waals surface area contributed by atoms with Crippen LogP contribution in [0.2, 0.25) is 0 Å². The Morgan fingerprint density at radius 1 is 1.00 bits per heavy atom. The Hall–Kier alpha value is -3.80. The van der Waals surface area contributed by atoms with Crippen LogP contribution in [0.25, 0.3) is 39.0 Å². The second-order valence-corrected chi connectivity index (χ2v) is 6.35. The first-order valence-electron chi connectivity index (χ1n) is 8.77. The van der Waals surface area contributed by atoms with Crippen LogP contribution in [-0.4, -0.2) is 26.6 Å². The van der Waals surface area contributed by atoms with Crippen LogP contribution in [0.5, 0.6) is 5.75 Å². The minimum Gasteiger partial charge on any atom is -0.497 e. The van der Waals surface area contributed by atoms with E-state index in [9.17, 15) is 4.39 Å². The lowest BCUT2D eigenvalue weighted by atomic mass is 10.1. The van der Waals surface area contributed by atoms with Crippen molar-refractivity contribution < 1.29 is 9.13 Å². The van der Waals surface area contributed by atoms with Crippen LogP contribution in [0.1, 0.15) is 0 Å². The molecule has 0 N–H and O–H groups in total. The molecule has 136 valence electrons. The number of halogens is 1. The summed E-state index contributed by atoms with van der Waals surface area (Å²) in [5.41, 5.74) is 2.02. The van der Waals surface area contributed by atoms with Crippen molar-refractivity contribution in [3.8, 4) is 23.0 Å². The van der Waals surface area contributed by atoms with Gasteiger partial charge in [-0.2, -0.15) is 0 Å². The summed E-state index contributed by atoms with van der Waals surface area (Å²) in [4.78, 5) is 13.5. The van der Waals surface area contributed by atoms with E-state index in [1.54, 1.807) is 37.7 Å². The quantitative estimate of drug-likeness (QED) is 0.458. The zero-order valence-electron chi connectivity index (χ0n) is 15.0. The maximum absolute atomic E-state index is 14.4. The van der Waals surface area contributed by atoms with Gasteiger partial charge >= 0.3 is 0 Å². The third-order valence-electron chi connectivity index (χ3n) is 4.72. The van der Waals surface area contributed by atoms with Gasteiger partial charge in [0.25, 0.3) is 0 Å². The van der Waals surface area contributed by atoms with E-state index < -0.39 is 0 Å². The molecule has 0 saturated carbocycles. The lowest BCUT2D eigenvalue weighted by molar-refractivity contribution is 0.415. The summed E-state index contributed by atoms with van der Waals surface area (Å²) in [5, 5.41) is 1.80. The number of benzene rings is 2. The standard InChI is InChI=1S/C22H15FN4O/c1-28-15-6-7-19-17(12-15)22(27-11-9-14-13-24-10-8-20(14)27)26-21(25-19)16-4-2-3-5-18(16)23/h2-13H,1H3. The van der Waals surface area contributed by atoms with Gasteiger partial charge in [0.05, 0.1) is 23.7 Å². The summed E-state index contributed by atoms with van der Waals surface area (Å²) in [7, 11) is 1.62. The average Bonchev–Trinajstić information content (AvgIpc) is 3.17. The Morgan fingerprint density at radius 3 is 2.75 bits per heavy atom. The molecule has 0 fully saturated rings. The summed E-state index contributed by atoms with van der Waals surface area (Å²) in [6, 6.07) is 16.0. The van der Waals surface area contributed by atoms with E-state index in [0.29, 0.717) is 28.5 Å². The Morgan fingerprint density at radius 2 is 1.89 bits per heavy atom. The SMILES string of the molecule is COc1ccc2nc(-c3ccccc3F)nc(-n3ccc4cnccc43)c2c1. The molecule has 0 aliphatic rings. The van der Waals surface area contributed by atoms with Crippen molar-refractivity contribution in [1.29, 1.82) is 0 Å². The number of nitrogens with zero attached hydrogens (tertiary/aromatic N) is 4. The van der Waals surface area contributed by atoms with Crippen molar-refractivity contribution >= 4 is 21.8 Å². The molecular weight excluding hydrogens is 355 g/mol. The molecular formula is C22H15FN4O. The number of rotatable bonds is 3. The lowest BCUT2D eigenvalue weighted by Crippen LogP contribution is -2.02. The molecule has 28 heavy (non-hydrogen) atoms. The van der Waals surface area contributed by atoms with Gasteiger partial charge in [0.15, 0.2) is 5.82 Å². The molecule has 0 aliphatic carbocycles. The molecule has 0 spiro atoms. The third kappa shape index (κ3) is 2.58. The maximum atomic E-state index is 14.4. The molecule has 0 bridgehead atoms. The number of pyridine rings is 1. The van der Waals surface area contributed by atoms with Crippen molar-refractivity contribution in [2.24, 2.45) is 0 Å². The second-order valence-electron chi connectivity index (χ2n) is 6.35. The van der Waals surface area contributed by atoms with Crippen molar-refractivity contribution in [1.82, 2.24) is 19.5 Å². The van der Waals surface area contributed by atoms with Gasteiger partial charge in [0.2, 0.25) is 0 Å². The predicted octanol–water partition coefficient (Wildman–Crippen LogP) is 4.78. The van der Waals surface area contributed by atoms with E-state index in [0.717, 1.165) is 16.3 Å². The van der Waals surface area contributed by atoms with Crippen LogP contribution in [0.4, 0.5) is 4.39 Å². The number of fused-ring (bicyclic) bond motifs is 2. The highest BCUT2D eigenvalue weighted by atomic mass is 19.1. The average molecular weight is 370 g/mol. The molecule has 3 aromatic heterocycles. The minimum absolute atomic E-state index is 0.335. The third-order valence-corrected chi connectivity index (χ3v) is 4.72. The van der Waals surface area contributed by atoms with Crippen molar-refractivity contribution in [3.05, 3.63) is 79.0 Å². The van der Waals surface area contributed by atoms with Crippen LogP contribution in [0.3, 0.4) is 0 Å². The molecule has 0 saturated heterocycles. The van der Waals surface area contributed by atoms with Crippen LogP contribution in [-0.2, 0) is 0 Å². The molecule has 5 rings (SSSR count). The van der Waals surface area contributed by atoms with E-state index in [1.807, 2.05) is 41.1 Å². The normalized spacial score (nSPS) is 11.2. The van der Waals surface area contributed by atoms with E-state index >= 15 is 0 Å². The van der Waals surface area contributed by atoms with Gasteiger partial charge in [0.1, 0.15) is 17.4 Å². The number of methoxy groups -OCH3 is 1. The first kappa shape index (κ1) is 16.4. The van der Waals surface area contributed by atoms with Crippen molar-refractivity contribution in [2.75, 3.05) is 7.11 Å². The summed E-state index contributed by atoms with van der Waals surface area (Å²) >= 11 is 0. The van der Waals surface area contributed by atoms with E-state index in [1.165, 1.54) is 6.07 Å². The van der Waals surface area contributed by atoms with Crippen LogP contribution < -0.4 is 4.74 Å². The first-order valence-corrected chi connectivity index (χ1v) is 8.77. The predicted molar refractivity (Wildman–Crippen MR) is 106 cm³/mol. The van der Waals surface area contributed by atoms with E-state index in [-0.39, 0.29) is 5.82 Å². The Bertz CT molecular complexity index is 1330. The smallest absolute Gasteiger partial charge is 0.165 e. The summed E-state index contributed by atoms with van der Waals surface area (Å²) < 4.78 is 21.8. The minimum atomic E-state index is -0.358. The van der Waals surface area contributed by atoms with Gasteiger partial charge in [-0.25, -0.2) is 14.4 Å². The van der Waals surface area contributed by atoms with E-state index in [2.05, 4.69) is 9.97 Å². The zero-order chi connectivity index (χ0) is 19.1. The molecule has 0 amide bonds. The fraction of sp³-hybridized carbons (Fsp3) is 0.0455. The van der Waals surface area contributed by atoms with Gasteiger partial charge in [-0.05, 0) is 42.5 Å². The Kier molecular flexibility index (Phi) is 3.76. The molecule has 3 heterocycles. The van der Waals surface area contributed by atoms with Crippen LogP contribution in [0.15, 0.2) is 73.2 Å². The van der Waals surface area contributed by atoms with Crippen LogP contribution >= 0.6 is 0 Å². The largest absolute Gasteiger partial charge is 0.497 e. The zero-order valence-corrected chi connectivity index (χ0v) is 15.0. The van der Waals surface area contributed by atoms with Gasteiger partial charge < -0.3 is 9.30 Å². The summed E-state index contributed by atoms with van der Waals surface area (Å²) in [6.45, 7) is 0. The summed E-state index contributed by atoms with van der Waals surface area (Å²) in [5.74, 6) is 1.34. The second kappa shape index (κ2) is 6.42. The number of ether oxygens (including phenoxy) is 1. The van der Waals surface area contributed by atoms with Gasteiger partial charge in [-0.1, -0.05) is 12.1 Å². The molecule has 6 heteroatoms. The van der Waals surface area contributed by atoms with E-state index in [4.69, 9.17) is 9.72 Å². The fourth-order valence-electron chi connectivity index (χ4n) is 3.33. The number of hydrogen-bond donors (Lipinski definition) is 0. The molecule has 0 radical (unpaired) electrons. The highest BCUT2D eigenvalue weighted by molar-refractivity contribution is 5.91. The number of hydrogen-bond acceptors (Lipinski definition) is 4. The molecule has 5 aromatic rings. The molecule has 0 aliphatic heterocycles. The Labute approximate surface area is 160 Å². The monoisotopic (exact) mass is 370 g/mol.